The average molecular weight is 251 g/mol. The summed E-state index contributed by atoms with van der Waals surface area (Å²) in [4.78, 5) is 4.26. The number of aromatic nitrogens is 1. The van der Waals surface area contributed by atoms with Gasteiger partial charge in [-0.15, -0.1) is 11.3 Å². The molecule has 0 amide bonds. The number of hydrogen-bond donors (Lipinski definition) is 3. The van der Waals surface area contributed by atoms with Crippen LogP contribution in [0.4, 0.5) is 11.4 Å². The van der Waals surface area contributed by atoms with Crippen LogP contribution in [-0.4, -0.2) is 23.2 Å². The SMILES string of the molecule is Nc1c(NCCCCCO)ccc2scnc12. The van der Waals surface area contributed by atoms with Crippen LogP contribution >= 0.6 is 11.3 Å². The third-order valence-electron chi connectivity index (χ3n) is 2.69. The van der Waals surface area contributed by atoms with Crippen LogP contribution in [0.5, 0.6) is 0 Å². The van der Waals surface area contributed by atoms with Crippen molar-refractivity contribution in [3.8, 4) is 0 Å². The van der Waals surface area contributed by atoms with Crippen LogP contribution < -0.4 is 11.1 Å². The molecule has 0 saturated heterocycles. The average Bonchev–Trinajstić information content (AvgIpc) is 2.80. The number of nitrogens with one attached hydrogen (secondary N) is 1. The fraction of sp³-hybridized carbons (Fsp3) is 0.417. The Balaban J connectivity index is 1.96. The second-order valence-corrected chi connectivity index (χ2v) is 4.82. The minimum Gasteiger partial charge on any atom is -0.396 e. The lowest BCUT2D eigenvalue weighted by Crippen LogP contribution is -2.04. The van der Waals surface area contributed by atoms with Gasteiger partial charge in [0.15, 0.2) is 0 Å². The molecule has 4 nitrogen and oxygen atoms in total. The molecule has 0 aliphatic rings. The van der Waals surface area contributed by atoms with Gasteiger partial charge < -0.3 is 16.2 Å². The molecule has 0 unspecified atom stereocenters. The van der Waals surface area contributed by atoms with Crippen molar-refractivity contribution >= 4 is 32.9 Å². The van der Waals surface area contributed by atoms with E-state index in [1.807, 2.05) is 17.6 Å². The van der Waals surface area contributed by atoms with Gasteiger partial charge in [0.25, 0.3) is 0 Å². The molecule has 0 bridgehead atoms. The molecule has 92 valence electrons. The highest BCUT2D eigenvalue weighted by Crippen LogP contribution is 2.29. The van der Waals surface area contributed by atoms with Gasteiger partial charge in [0.2, 0.25) is 0 Å². The predicted octanol–water partition coefficient (Wildman–Crippen LogP) is 2.45. The first-order valence-electron chi connectivity index (χ1n) is 5.79. The van der Waals surface area contributed by atoms with E-state index in [1.54, 1.807) is 11.3 Å². The fourth-order valence-corrected chi connectivity index (χ4v) is 2.44. The van der Waals surface area contributed by atoms with Crippen LogP contribution in [0.2, 0.25) is 0 Å². The largest absolute Gasteiger partial charge is 0.396 e. The molecule has 17 heavy (non-hydrogen) atoms. The van der Waals surface area contributed by atoms with Gasteiger partial charge in [-0.05, 0) is 31.4 Å². The van der Waals surface area contributed by atoms with Gasteiger partial charge in [-0.2, -0.15) is 0 Å². The number of benzene rings is 1. The van der Waals surface area contributed by atoms with E-state index in [4.69, 9.17) is 10.8 Å². The van der Waals surface area contributed by atoms with Gasteiger partial charge in [-0.25, -0.2) is 4.98 Å². The maximum atomic E-state index is 8.67. The second-order valence-electron chi connectivity index (χ2n) is 3.94. The van der Waals surface area contributed by atoms with Gasteiger partial charge in [0, 0.05) is 13.2 Å². The highest BCUT2D eigenvalue weighted by atomic mass is 32.1. The number of nitrogens with zero attached hydrogens (tertiary/aromatic N) is 1. The second kappa shape index (κ2) is 5.84. The van der Waals surface area contributed by atoms with E-state index in [-0.39, 0.29) is 6.61 Å². The summed E-state index contributed by atoms with van der Waals surface area (Å²) in [6.45, 7) is 1.15. The van der Waals surface area contributed by atoms with Crippen LogP contribution in [0.15, 0.2) is 17.6 Å². The van der Waals surface area contributed by atoms with Crippen LogP contribution in [0.25, 0.3) is 10.2 Å². The summed E-state index contributed by atoms with van der Waals surface area (Å²) in [5, 5.41) is 12.0. The van der Waals surface area contributed by atoms with Crippen molar-refractivity contribution in [2.24, 2.45) is 0 Å². The number of fused-ring (bicyclic) bond motifs is 1. The molecule has 2 rings (SSSR count). The van der Waals surface area contributed by atoms with Crippen molar-refractivity contribution in [3.63, 3.8) is 0 Å². The van der Waals surface area contributed by atoms with Crippen LogP contribution in [0.1, 0.15) is 19.3 Å². The number of nitrogens with two attached hydrogens (primary N) is 1. The number of rotatable bonds is 6. The van der Waals surface area contributed by atoms with Crippen molar-refractivity contribution in [3.05, 3.63) is 17.6 Å². The minimum atomic E-state index is 0.271. The molecule has 2 aromatic rings. The zero-order valence-corrected chi connectivity index (χ0v) is 10.5. The Morgan fingerprint density at radius 2 is 2.18 bits per heavy atom. The molecule has 0 spiro atoms. The van der Waals surface area contributed by atoms with Gasteiger partial charge in [0.05, 0.1) is 21.6 Å². The monoisotopic (exact) mass is 251 g/mol. The molecule has 0 aliphatic carbocycles. The van der Waals surface area contributed by atoms with E-state index in [0.717, 1.165) is 47.4 Å². The molecule has 1 heterocycles. The predicted molar refractivity (Wildman–Crippen MR) is 73.5 cm³/mol. The fourth-order valence-electron chi connectivity index (χ4n) is 1.74. The molecule has 0 fully saturated rings. The van der Waals surface area contributed by atoms with Gasteiger partial charge >= 0.3 is 0 Å². The van der Waals surface area contributed by atoms with Crippen molar-refractivity contribution in [2.75, 3.05) is 24.2 Å². The summed E-state index contributed by atoms with van der Waals surface area (Å²) in [5.74, 6) is 0. The number of aliphatic hydroxyl groups is 1. The molecular weight excluding hydrogens is 234 g/mol. The van der Waals surface area contributed by atoms with Crippen molar-refractivity contribution in [1.82, 2.24) is 4.98 Å². The van der Waals surface area contributed by atoms with E-state index >= 15 is 0 Å². The molecule has 4 N–H and O–H groups in total. The number of nitrogen functional groups attached to an aromatic ring is 1. The van der Waals surface area contributed by atoms with Gasteiger partial charge in [-0.1, -0.05) is 0 Å². The molecule has 0 atom stereocenters. The lowest BCUT2D eigenvalue weighted by Gasteiger charge is -2.09. The lowest BCUT2D eigenvalue weighted by atomic mass is 10.2. The molecule has 0 saturated carbocycles. The number of anilines is 2. The van der Waals surface area contributed by atoms with Crippen molar-refractivity contribution in [1.29, 1.82) is 0 Å². The Hall–Kier alpha value is -1.33. The zero-order valence-electron chi connectivity index (χ0n) is 9.65. The molecular formula is C12H17N3OS. The van der Waals surface area contributed by atoms with Crippen molar-refractivity contribution in [2.45, 2.75) is 19.3 Å². The number of thiazole rings is 1. The molecule has 0 aliphatic heterocycles. The minimum absolute atomic E-state index is 0.271. The topological polar surface area (TPSA) is 71.2 Å². The van der Waals surface area contributed by atoms with E-state index in [1.165, 1.54) is 0 Å². The van der Waals surface area contributed by atoms with E-state index in [2.05, 4.69) is 10.3 Å². The number of aliphatic hydroxyl groups excluding tert-OH is 1. The maximum absolute atomic E-state index is 8.67. The molecule has 1 aromatic carbocycles. The Morgan fingerprint density at radius 3 is 3.00 bits per heavy atom. The van der Waals surface area contributed by atoms with E-state index in [0.29, 0.717) is 0 Å². The third-order valence-corrected chi connectivity index (χ3v) is 3.49. The summed E-state index contributed by atoms with van der Waals surface area (Å²) in [5.41, 5.74) is 10.4. The third kappa shape index (κ3) is 2.87. The van der Waals surface area contributed by atoms with Crippen molar-refractivity contribution < 1.29 is 5.11 Å². The maximum Gasteiger partial charge on any atom is 0.106 e. The number of unbranched alkanes of at least 4 members (excludes halogenated alkanes) is 2. The Labute approximate surface area is 104 Å². The Bertz CT molecular complexity index is 484. The first kappa shape index (κ1) is 12.1. The summed E-state index contributed by atoms with van der Waals surface area (Å²) in [6.07, 6.45) is 2.93. The Morgan fingerprint density at radius 1 is 1.29 bits per heavy atom. The highest BCUT2D eigenvalue weighted by Gasteiger charge is 2.05. The first-order valence-corrected chi connectivity index (χ1v) is 6.67. The molecule has 0 radical (unpaired) electrons. The molecule has 1 aromatic heterocycles. The summed E-state index contributed by atoms with van der Waals surface area (Å²) >= 11 is 1.60. The quantitative estimate of drug-likeness (QED) is 0.545. The van der Waals surface area contributed by atoms with E-state index < -0.39 is 0 Å². The summed E-state index contributed by atoms with van der Waals surface area (Å²) < 4.78 is 1.12. The lowest BCUT2D eigenvalue weighted by molar-refractivity contribution is 0.283. The smallest absolute Gasteiger partial charge is 0.106 e. The van der Waals surface area contributed by atoms with Crippen LogP contribution in [0, 0.1) is 0 Å². The normalized spacial score (nSPS) is 10.9. The summed E-state index contributed by atoms with van der Waals surface area (Å²) in [7, 11) is 0. The van der Waals surface area contributed by atoms with Gasteiger partial charge in [0.1, 0.15) is 5.52 Å². The first-order chi connectivity index (χ1) is 8.33. The summed E-state index contributed by atoms with van der Waals surface area (Å²) in [6, 6.07) is 4.04. The van der Waals surface area contributed by atoms with Crippen LogP contribution in [0.3, 0.4) is 0 Å². The molecule has 5 heteroatoms. The van der Waals surface area contributed by atoms with E-state index in [9.17, 15) is 0 Å². The Kier molecular flexibility index (Phi) is 4.17. The standard InChI is InChI=1S/C12H17N3OS/c13-11-9(14-6-2-1-3-7-16)4-5-10-12(11)15-8-17-10/h4-5,8,14,16H,1-3,6-7,13H2. The van der Waals surface area contributed by atoms with Crippen LogP contribution in [-0.2, 0) is 0 Å². The zero-order chi connectivity index (χ0) is 12.1. The number of hydrogen-bond acceptors (Lipinski definition) is 5. The van der Waals surface area contributed by atoms with Gasteiger partial charge in [-0.3, -0.25) is 0 Å². The highest BCUT2D eigenvalue weighted by molar-refractivity contribution is 7.16.